The number of nitrogens with two attached hydrogens (primary N) is 1. The fourth-order valence-corrected chi connectivity index (χ4v) is 1.67. The van der Waals surface area contributed by atoms with E-state index in [4.69, 9.17) is 5.73 Å². The van der Waals surface area contributed by atoms with E-state index in [1.54, 1.807) is 24.5 Å². The minimum atomic E-state index is -0.208. The first kappa shape index (κ1) is 13.0. The van der Waals surface area contributed by atoms with E-state index in [1.807, 2.05) is 19.9 Å². The Hall–Kier alpha value is -2.43. The molecule has 5 nitrogen and oxygen atoms in total. The second-order valence-corrected chi connectivity index (χ2v) is 4.42. The maximum atomic E-state index is 12.0. The lowest BCUT2D eigenvalue weighted by atomic mass is 10.1. The van der Waals surface area contributed by atoms with E-state index in [9.17, 15) is 4.79 Å². The van der Waals surface area contributed by atoms with Crippen molar-refractivity contribution in [3.63, 3.8) is 0 Å². The number of aryl methyl sites for hydroxylation is 2. The lowest BCUT2D eigenvalue weighted by Crippen LogP contribution is -2.24. The number of nitrogen functional groups attached to an aromatic ring is 1. The van der Waals surface area contributed by atoms with Gasteiger partial charge in [-0.15, -0.1) is 0 Å². The van der Waals surface area contributed by atoms with Crippen molar-refractivity contribution in [2.45, 2.75) is 20.4 Å². The highest BCUT2D eigenvalue weighted by molar-refractivity contribution is 5.99. The summed E-state index contributed by atoms with van der Waals surface area (Å²) in [5, 5.41) is 2.77. The van der Waals surface area contributed by atoms with Crippen molar-refractivity contribution in [2.24, 2.45) is 0 Å². The molecule has 1 heterocycles. The summed E-state index contributed by atoms with van der Waals surface area (Å²) in [5.74, 6) is -0.208. The number of aromatic nitrogens is 2. The Morgan fingerprint density at radius 3 is 2.68 bits per heavy atom. The van der Waals surface area contributed by atoms with Crippen LogP contribution in [0.1, 0.15) is 27.3 Å². The number of nitrogens with zero attached hydrogens (tertiary/aromatic N) is 2. The van der Waals surface area contributed by atoms with E-state index in [0.29, 0.717) is 23.5 Å². The predicted molar refractivity (Wildman–Crippen MR) is 73.5 cm³/mol. The number of hydrogen-bond acceptors (Lipinski definition) is 4. The number of hydrogen-bond donors (Lipinski definition) is 2. The third-order valence-corrected chi connectivity index (χ3v) is 2.72. The van der Waals surface area contributed by atoms with Crippen LogP contribution in [-0.2, 0) is 6.54 Å². The van der Waals surface area contributed by atoms with Gasteiger partial charge in [-0.2, -0.15) is 0 Å². The first-order valence-corrected chi connectivity index (χ1v) is 5.98. The van der Waals surface area contributed by atoms with Crippen molar-refractivity contribution in [2.75, 3.05) is 5.73 Å². The van der Waals surface area contributed by atoms with Crippen LogP contribution in [-0.4, -0.2) is 15.9 Å². The van der Waals surface area contributed by atoms with Crippen LogP contribution >= 0.6 is 0 Å². The average Bonchev–Trinajstić information content (AvgIpc) is 2.37. The van der Waals surface area contributed by atoms with Crippen LogP contribution in [0.15, 0.2) is 30.6 Å². The fraction of sp³-hybridized carbons (Fsp3) is 0.214. The normalized spacial score (nSPS) is 10.2. The summed E-state index contributed by atoms with van der Waals surface area (Å²) in [4.78, 5) is 20.3. The zero-order valence-electron chi connectivity index (χ0n) is 11.0. The molecule has 0 saturated heterocycles. The lowest BCUT2D eigenvalue weighted by molar-refractivity contribution is 0.0951. The zero-order chi connectivity index (χ0) is 13.8. The molecule has 2 rings (SSSR count). The van der Waals surface area contributed by atoms with Gasteiger partial charge in [-0.25, -0.2) is 0 Å². The Balaban J connectivity index is 2.03. The van der Waals surface area contributed by atoms with Gasteiger partial charge in [0.15, 0.2) is 0 Å². The molecule has 0 unspecified atom stereocenters. The molecular weight excluding hydrogens is 240 g/mol. The second-order valence-electron chi connectivity index (χ2n) is 4.42. The van der Waals surface area contributed by atoms with Crippen molar-refractivity contribution in [3.8, 4) is 0 Å². The minimum absolute atomic E-state index is 0.208. The third kappa shape index (κ3) is 3.28. The Kier molecular flexibility index (Phi) is 3.75. The van der Waals surface area contributed by atoms with Gasteiger partial charge < -0.3 is 11.1 Å². The topological polar surface area (TPSA) is 80.9 Å². The SMILES string of the molecule is Cc1ccc(C(=O)NCc2cnc(C)cn2)c(N)c1. The molecule has 5 heteroatoms. The molecule has 1 aromatic heterocycles. The molecule has 0 spiro atoms. The highest BCUT2D eigenvalue weighted by atomic mass is 16.1. The first-order valence-electron chi connectivity index (χ1n) is 5.98. The van der Waals surface area contributed by atoms with Crippen LogP contribution in [0.4, 0.5) is 5.69 Å². The van der Waals surface area contributed by atoms with Gasteiger partial charge in [0.05, 0.1) is 29.7 Å². The Morgan fingerprint density at radius 2 is 2.05 bits per heavy atom. The zero-order valence-corrected chi connectivity index (χ0v) is 11.0. The molecule has 0 saturated carbocycles. The van der Waals surface area contributed by atoms with E-state index in [1.165, 1.54) is 0 Å². The van der Waals surface area contributed by atoms with Crippen molar-refractivity contribution >= 4 is 11.6 Å². The van der Waals surface area contributed by atoms with E-state index in [-0.39, 0.29) is 5.91 Å². The highest BCUT2D eigenvalue weighted by Gasteiger charge is 2.09. The quantitative estimate of drug-likeness (QED) is 0.817. The van der Waals surface area contributed by atoms with Crippen molar-refractivity contribution in [1.82, 2.24) is 15.3 Å². The van der Waals surface area contributed by atoms with Gasteiger partial charge in [0.2, 0.25) is 0 Å². The van der Waals surface area contributed by atoms with Crippen LogP contribution in [0.25, 0.3) is 0 Å². The summed E-state index contributed by atoms with van der Waals surface area (Å²) in [6, 6.07) is 5.36. The van der Waals surface area contributed by atoms with Gasteiger partial charge in [-0.1, -0.05) is 6.07 Å². The van der Waals surface area contributed by atoms with E-state index in [2.05, 4.69) is 15.3 Å². The summed E-state index contributed by atoms with van der Waals surface area (Å²) >= 11 is 0. The van der Waals surface area contributed by atoms with Gasteiger partial charge in [0, 0.05) is 11.9 Å². The van der Waals surface area contributed by atoms with Crippen LogP contribution < -0.4 is 11.1 Å². The first-order chi connectivity index (χ1) is 9.06. The van der Waals surface area contributed by atoms with Gasteiger partial charge in [0.1, 0.15) is 0 Å². The van der Waals surface area contributed by atoms with Crippen LogP contribution in [0.3, 0.4) is 0 Å². The molecular formula is C14H16N4O. The number of nitrogens with one attached hydrogen (secondary N) is 1. The molecule has 0 aliphatic heterocycles. The van der Waals surface area contributed by atoms with Crippen molar-refractivity contribution < 1.29 is 4.79 Å². The average molecular weight is 256 g/mol. The summed E-state index contributed by atoms with van der Waals surface area (Å²) in [6.07, 6.45) is 3.32. The van der Waals surface area contributed by atoms with E-state index >= 15 is 0 Å². The molecule has 3 N–H and O–H groups in total. The van der Waals surface area contributed by atoms with Gasteiger partial charge >= 0.3 is 0 Å². The molecule has 98 valence electrons. The van der Waals surface area contributed by atoms with E-state index in [0.717, 1.165) is 11.3 Å². The summed E-state index contributed by atoms with van der Waals surface area (Å²) in [6.45, 7) is 4.13. The molecule has 2 aromatic rings. The molecule has 0 atom stereocenters. The van der Waals surface area contributed by atoms with Crippen LogP contribution in [0.5, 0.6) is 0 Å². The number of benzene rings is 1. The Labute approximate surface area is 111 Å². The lowest BCUT2D eigenvalue weighted by Gasteiger charge is -2.07. The number of carbonyl (C=O) groups excluding carboxylic acids is 1. The second kappa shape index (κ2) is 5.48. The predicted octanol–water partition coefficient (Wildman–Crippen LogP) is 1.61. The summed E-state index contributed by atoms with van der Waals surface area (Å²) in [5.41, 5.74) is 9.36. The monoisotopic (exact) mass is 256 g/mol. The maximum absolute atomic E-state index is 12.0. The molecule has 0 aliphatic carbocycles. The standard InChI is InChI=1S/C14H16N4O/c1-9-3-4-12(13(15)5-9)14(19)18-8-11-7-16-10(2)6-17-11/h3-7H,8,15H2,1-2H3,(H,18,19). The molecule has 0 bridgehead atoms. The van der Waals surface area contributed by atoms with Gasteiger partial charge in [0.25, 0.3) is 5.91 Å². The third-order valence-electron chi connectivity index (χ3n) is 2.72. The number of carbonyl (C=O) groups is 1. The molecule has 1 aromatic carbocycles. The molecule has 19 heavy (non-hydrogen) atoms. The van der Waals surface area contributed by atoms with Crippen LogP contribution in [0.2, 0.25) is 0 Å². The number of amides is 1. The minimum Gasteiger partial charge on any atom is -0.398 e. The van der Waals surface area contributed by atoms with Gasteiger partial charge in [-0.05, 0) is 31.5 Å². The van der Waals surface area contributed by atoms with Crippen LogP contribution in [0, 0.1) is 13.8 Å². The molecule has 0 aliphatic rings. The molecule has 0 fully saturated rings. The smallest absolute Gasteiger partial charge is 0.253 e. The number of anilines is 1. The summed E-state index contributed by atoms with van der Waals surface area (Å²) < 4.78 is 0. The molecule has 1 amide bonds. The fourth-order valence-electron chi connectivity index (χ4n) is 1.67. The number of rotatable bonds is 3. The Bertz CT molecular complexity index is 593. The summed E-state index contributed by atoms with van der Waals surface area (Å²) in [7, 11) is 0. The highest BCUT2D eigenvalue weighted by Crippen LogP contribution is 2.13. The largest absolute Gasteiger partial charge is 0.398 e. The maximum Gasteiger partial charge on any atom is 0.253 e. The van der Waals surface area contributed by atoms with Gasteiger partial charge in [-0.3, -0.25) is 14.8 Å². The van der Waals surface area contributed by atoms with E-state index < -0.39 is 0 Å². The van der Waals surface area contributed by atoms with Crippen molar-refractivity contribution in [3.05, 3.63) is 53.1 Å². The van der Waals surface area contributed by atoms with Crippen molar-refractivity contribution in [1.29, 1.82) is 0 Å². The Morgan fingerprint density at radius 1 is 1.26 bits per heavy atom. The molecule has 0 radical (unpaired) electrons.